The van der Waals surface area contributed by atoms with Gasteiger partial charge in [0.05, 0.1) is 6.61 Å². The summed E-state index contributed by atoms with van der Waals surface area (Å²) in [5.74, 6) is 0.0624. The maximum Gasteiger partial charge on any atom is 0.306 e. The molecule has 4 rings (SSSR count). The van der Waals surface area contributed by atoms with Crippen molar-refractivity contribution >= 4 is 49.6 Å². The monoisotopic (exact) mass is 743 g/mol. The predicted molar refractivity (Wildman–Crippen MR) is 180 cm³/mol. The molecule has 0 fully saturated rings. The van der Waals surface area contributed by atoms with E-state index < -0.39 is 29.1 Å². The Morgan fingerprint density at radius 3 is 2.24 bits per heavy atom. The lowest BCUT2D eigenvalue weighted by atomic mass is 9.83. The van der Waals surface area contributed by atoms with E-state index in [1.807, 2.05) is 60.7 Å². The number of amides is 1. The number of ether oxygens (including phenoxy) is 3. The van der Waals surface area contributed by atoms with Crippen LogP contribution in [-0.2, 0) is 25.5 Å². The Kier molecular flexibility index (Phi) is 12.2. The van der Waals surface area contributed by atoms with Crippen LogP contribution in [0.25, 0.3) is 0 Å². The number of aliphatic hydroxyl groups excluding tert-OH is 1. The molecule has 0 radical (unpaired) electrons. The van der Waals surface area contributed by atoms with Crippen LogP contribution < -0.4 is 15.6 Å². The number of nitrogens with one attached hydrogen (secondary N) is 2. The molecular weight excluding hydrogens is 706 g/mol. The Bertz CT molecular complexity index is 1460. The largest absolute Gasteiger partial charge is 0.494 e. The molecule has 1 aliphatic heterocycles. The molecule has 0 aliphatic carbocycles. The van der Waals surface area contributed by atoms with E-state index >= 15 is 0 Å². The van der Waals surface area contributed by atoms with E-state index in [1.54, 1.807) is 32.9 Å². The third-order valence-electron chi connectivity index (χ3n) is 6.99. The van der Waals surface area contributed by atoms with Gasteiger partial charge in [-0.25, -0.2) is 10.4 Å². The van der Waals surface area contributed by atoms with Crippen molar-refractivity contribution in [3.8, 4) is 5.75 Å². The summed E-state index contributed by atoms with van der Waals surface area (Å²) in [5, 5.41) is 9.04. The van der Waals surface area contributed by atoms with Crippen molar-refractivity contribution in [2.75, 3.05) is 19.8 Å². The molecular formula is C34H39Br2N3O6. The first-order chi connectivity index (χ1) is 21.5. The lowest BCUT2D eigenvalue weighted by molar-refractivity contribution is -0.155. The third kappa shape index (κ3) is 9.87. The van der Waals surface area contributed by atoms with Crippen molar-refractivity contribution < 1.29 is 28.9 Å². The molecule has 1 heterocycles. The molecule has 45 heavy (non-hydrogen) atoms. The number of hydrazine groups is 1. The predicted octanol–water partition coefficient (Wildman–Crippen LogP) is 6.22. The van der Waals surface area contributed by atoms with Crippen molar-refractivity contribution in [3.63, 3.8) is 0 Å². The number of nitrogens with zero attached hydrogens (tertiary/aromatic N) is 1. The summed E-state index contributed by atoms with van der Waals surface area (Å²) in [4.78, 5) is 32.0. The summed E-state index contributed by atoms with van der Waals surface area (Å²) in [5.41, 5.74) is 6.24. The van der Waals surface area contributed by atoms with Gasteiger partial charge in [-0.2, -0.15) is 0 Å². The zero-order valence-electron chi connectivity index (χ0n) is 25.6. The number of esters is 1. The summed E-state index contributed by atoms with van der Waals surface area (Å²) in [6, 6.07) is 22.7. The Morgan fingerprint density at radius 2 is 1.62 bits per heavy atom. The van der Waals surface area contributed by atoms with Crippen LogP contribution >= 0.6 is 31.9 Å². The highest BCUT2D eigenvalue weighted by atomic mass is 79.9. The fourth-order valence-corrected chi connectivity index (χ4v) is 5.33. The number of halogens is 2. The molecule has 3 aromatic rings. The van der Waals surface area contributed by atoms with E-state index in [0.29, 0.717) is 37.3 Å². The number of carbonyl (C=O) groups excluding carboxylic acids is 2. The first-order valence-corrected chi connectivity index (χ1v) is 16.4. The SMILES string of the molecule is CC(C)(C)OC(=O)CC[C@]1(C(=O)NNCCc2ccc(Br)cc2)N=C(c2ccc(OCCCO)cc2)O[C@H]1c1ccc(Br)cc1. The molecule has 240 valence electrons. The van der Waals surface area contributed by atoms with Gasteiger partial charge in [-0.1, -0.05) is 56.1 Å². The highest BCUT2D eigenvalue weighted by molar-refractivity contribution is 9.10. The van der Waals surface area contributed by atoms with Crippen LogP contribution in [0.15, 0.2) is 86.7 Å². The van der Waals surface area contributed by atoms with Gasteiger partial charge in [0.2, 0.25) is 5.90 Å². The normalized spacial score (nSPS) is 17.7. The van der Waals surface area contributed by atoms with Crippen LogP contribution in [0.1, 0.15) is 62.8 Å². The molecule has 2 atom stereocenters. The molecule has 0 aromatic heterocycles. The zero-order chi connectivity index (χ0) is 32.5. The van der Waals surface area contributed by atoms with Crippen LogP contribution in [0.3, 0.4) is 0 Å². The molecule has 0 unspecified atom stereocenters. The average Bonchev–Trinajstić information content (AvgIpc) is 3.40. The van der Waals surface area contributed by atoms with Crippen molar-refractivity contribution in [1.29, 1.82) is 0 Å². The molecule has 3 aromatic carbocycles. The van der Waals surface area contributed by atoms with Crippen molar-refractivity contribution in [1.82, 2.24) is 10.9 Å². The van der Waals surface area contributed by atoms with Gasteiger partial charge in [0.15, 0.2) is 11.6 Å². The smallest absolute Gasteiger partial charge is 0.306 e. The van der Waals surface area contributed by atoms with Gasteiger partial charge in [-0.15, -0.1) is 0 Å². The highest BCUT2D eigenvalue weighted by Gasteiger charge is 2.53. The fourth-order valence-electron chi connectivity index (χ4n) is 4.80. The second kappa shape index (κ2) is 15.8. The zero-order valence-corrected chi connectivity index (χ0v) is 28.8. The lowest BCUT2D eigenvalue weighted by Gasteiger charge is -2.31. The molecule has 0 bridgehead atoms. The van der Waals surface area contributed by atoms with E-state index in [4.69, 9.17) is 24.3 Å². The van der Waals surface area contributed by atoms with E-state index in [2.05, 4.69) is 42.7 Å². The second-order valence-corrected chi connectivity index (χ2v) is 13.5. The number of hydrogen-bond donors (Lipinski definition) is 3. The van der Waals surface area contributed by atoms with Gasteiger partial charge in [0, 0.05) is 40.5 Å². The number of benzene rings is 3. The van der Waals surface area contributed by atoms with Gasteiger partial charge >= 0.3 is 5.97 Å². The standard InChI is InChI=1S/C34H39Br2N3O6/c1-33(2,3)45-29(41)17-19-34(32(42)39-37-20-18-23-5-11-26(35)12-6-23)30(24-7-13-27(36)14-8-24)44-31(38-34)25-9-15-28(16-10-25)43-22-4-21-40/h5-16,30,37,40H,4,17-22H2,1-3H3,(H,39,42)/t30-,34-/m0/s1. The number of aliphatic imine (C=N–C) groups is 1. The molecule has 3 N–H and O–H groups in total. The Hall–Kier alpha value is -3.25. The average molecular weight is 746 g/mol. The first kappa shape index (κ1) is 34.6. The van der Waals surface area contributed by atoms with Gasteiger partial charge in [-0.3, -0.25) is 15.0 Å². The van der Waals surface area contributed by atoms with Gasteiger partial charge in [0.25, 0.3) is 5.91 Å². The molecule has 1 amide bonds. The summed E-state index contributed by atoms with van der Waals surface area (Å²) in [6.07, 6.45) is 0.394. The molecule has 11 heteroatoms. The molecule has 9 nitrogen and oxygen atoms in total. The van der Waals surface area contributed by atoms with Gasteiger partial charge < -0.3 is 19.3 Å². The van der Waals surface area contributed by atoms with Crippen LogP contribution in [0.4, 0.5) is 0 Å². The second-order valence-electron chi connectivity index (χ2n) is 11.7. The number of rotatable bonds is 14. The highest BCUT2D eigenvalue weighted by Crippen LogP contribution is 2.43. The fraction of sp³-hybridized carbons (Fsp3) is 0.382. The van der Waals surface area contributed by atoms with Crippen LogP contribution in [0.5, 0.6) is 5.75 Å². The van der Waals surface area contributed by atoms with E-state index in [-0.39, 0.29) is 25.3 Å². The van der Waals surface area contributed by atoms with Crippen molar-refractivity contribution in [2.45, 2.75) is 63.7 Å². The van der Waals surface area contributed by atoms with Gasteiger partial charge in [0.1, 0.15) is 11.4 Å². The Labute approximate surface area is 281 Å². The van der Waals surface area contributed by atoms with Crippen LogP contribution in [0, 0.1) is 0 Å². The summed E-state index contributed by atoms with van der Waals surface area (Å²) >= 11 is 6.93. The minimum atomic E-state index is -1.49. The summed E-state index contributed by atoms with van der Waals surface area (Å²) in [7, 11) is 0. The van der Waals surface area contributed by atoms with Crippen molar-refractivity contribution in [3.05, 3.63) is 98.4 Å². The topological polar surface area (TPSA) is 118 Å². The number of aliphatic hydroxyl groups is 1. The Balaban J connectivity index is 1.63. The van der Waals surface area contributed by atoms with Gasteiger partial charge in [-0.05, 0) is 93.3 Å². The first-order valence-electron chi connectivity index (χ1n) is 14.8. The number of carbonyl (C=O) groups is 2. The van der Waals surface area contributed by atoms with Crippen LogP contribution in [-0.4, -0.2) is 53.8 Å². The molecule has 1 aliphatic rings. The third-order valence-corrected chi connectivity index (χ3v) is 8.04. The quantitative estimate of drug-likeness (QED) is 0.102. The van der Waals surface area contributed by atoms with E-state index in [1.165, 1.54) is 0 Å². The number of hydrogen-bond acceptors (Lipinski definition) is 8. The lowest BCUT2D eigenvalue weighted by Crippen LogP contribution is -2.53. The van der Waals surface area contributed by atoms with Crippen molar-refractivity contribution in [2.24, 2.45) is 4.99 Å². The Morgan fingerprint density at radius 1 is 0.978 bits per heavy atom. The molecule has 0 saturated heterocycles. The van der Waals surface area contributed by atoms with E-state index in [9.17, 15) is 9.59 Å². The van der Waals surface area contributed by atoms with Crippen LogP contribution in [0.2, 0.25) is 0 Å². The minimum absolute atomic E-state index is 0.0472. The molecule has 0 saturated carbocycles. The maximum absolute atomic E-state index is 14.2. The summed E-state index contributed by atoms with van der Waals surface area (Å²) < 4.78 is 19.6. The maximum atomic E-state index is 14.2. The van der Waals surface area contributed by atoms with E-state index in [0.717, 1.165) is 20.1 Å². The molecule has 0 spiro atoms. The summed E-state index contributed by atoms with van der Waals surface area (Å²) in [6.45, 7) is 6.33. The minimum Gasteiger partial charge on any atom is -0.494 e.